The van der Waals surface area contributed by atoms with Crippen LogP contribution in [0.2, 0.25) is 0 Å². The number of rotatable bonds is 7. The van der Waals surface area contributed by atoms with Crippen LogP contribution in [-0.4, -0.2) is 29.1 Å². The summed E-state index contributed by atoms with van der Waals surface area (Å²) in [5.41, 5.74) is 2.18. The lowest BCUT2D eigenvalue weighted by Gasteiger charge is -2.37. The highest BCUT2D eigenvalue weighted by molar-refractivity contribution is 7.98. The zero-order valence-electron chi connectivity index (χ0n) is 17.2. The van der Waals surface area contributed by atoms with E-state index < -0.39 is 17.7 Å². The number of halogens is 3. The average molecular weight is 458 g/mol. The van der Waals surface area contributed by atoms with Crippen molar-refractivity contribution in [1.82, 2.24) is 4.90 Å². The number of carboxylic acid groups (broad SMARTS) is 1. The second-order valence-electron chi connectivity index (χ2n) is 7.86. The minimum Gasteiger partial charge on any atom is -0.481 e. The Labute approximate surface area is 188 Å². The van der Waals surface area contributed by atoms with Crippen molar-refractivity contribution >= 4 is 17.7 Å². The molecule has 4 rings (SSSR count). The number of alkyl halides is 3. The standard InChI is InChI=1S/C25H22F3NO2S/c26-25(27,28)23-12-21(10-11-22(23)17-6-2-1-3-7-17)32-16-19-9-5-4-8-18(19)13-29-14-20(15-29)24(30)31/h1-12,20H,13-16H2,(H,30,31). The Morgan fingerprint density at radius 2 is 1.62 bits per heavy atom. The fraction of sp³-hybridized carbons (Fsp3) is 0.240. The number of likely N-dealkylation sites (tertiary alicyclic amines) is 1. The fourth-order valence-electron chi connectivity index (χ4n) is 3.83. The Hall–Kier alpha value is -2.77. The summed E-state index contributed by atoms with van der Waals surface area (Å²) in [6.07, 6.45) is -4.45. The average Bonchev–Trinajstić information content (AvgIpc) is 2.74. The van der Waals surface area contributed by atoms with Crippen LogP contribution in [0.1, 0.15) is 16.7 Å². The fourth-order valence-corrected chi connectivity index (χ4v) is 4.80. The zero-order valence-corrected chi connectivity index (χ0v) is 18.0. The van der Waals surface area contributed by atoms with E-state index in [9.17, 15) is 18.0 Å². The largest absolute Gasteiger partial charge is 0.481 e. The predicted octanol–water partition coefficient (Wildman–Crippen LogP) is 6.18. The van der Waals surface area contributed by atoms with Crippen LogP contribution in [0.4, 0.5) is 13.2 Å². The van der Waals surface area contributed by atoms with Crippen molar-refractivity contribution in [3.8, 4) is 11.1 Å². The lowest BCUT2D eigenvalue weighted by Crippen LogP contribution is -2.49. The molecule has 0 saturated carbocycles. The molecule has 0 amide bonds. The van der Waals surface area contributed by atoms with E-state index in [1.165, 1.54) is 17.8 Å². The Morgan fingerprint density at radius 1 is 0.969 bits per heavy atom. The van der Waals surface area contributed by atoms with Crippen molar-refractivity contribution in [3.05, 3.63) is 89.5 Å². The molecule has 1 aliphatic rings. The maximum absolute atomic E-state index is 13.8. The summed E-state index contributed by atoms with van der Waals surface area (Å²) < 4.78 is 41.3. The molecule has 0 aromatic heterocycles. The van der Waals surface area contributed by atoms with Crippen LogP contribution >= 0.6 is 11.8 Å². The number of benzene rings is 3. The van der Waals surface area contributed by atoms with Gasteiger partial charge < -0.3 is 5.11 Å². The first-order chi connectivity index (χ1) is 15.3. The topological polar surface area (TPSA) is 40.5 Å². The second kappa shape index (κ2) is 9.38. The summed E-state index contributed by atoms with van der Waals surface area (Å²) in [4.78, 5) is 13.6. The number of carboxylic acids is 1. The molecule has 0 radical (unpaired) electrons. The van der Waals surface area contributed by atoms with Gasteiger partial charge in [-0.25, -0.2) is 0 Å². The van der Waals surface area contributed by atoms with Crippen molar-refractivity contribution in [3.63, 3.8) is 0 Å². The van der Waals surface area contributed by atoms with E-state index in [1.807, 2.05) is 24.3 Å². The van der Waals surface area contributed by atoms with Gasteiger partial charge in [0, 0.05) is 30.3 Å². The van der Waals surface area contributed by atoms with Crippen LogP contribution in [0.15, 0.2) is 77.7 Å². The van der Waals surface area contributed by atoms with Crippen molar-refractivity contribution in [2.45, 2.75) is 23.4 Å². The molecular weight excluding hydrogens is 435 g/mol. The molecule has 1 heterocycles. The lowest BCUT2D eigenvalue weighted by atomic mass is 9.98. The van der Waals surface area contributed by atoms with Crippen LogP contribution in [0.25, 0.3) is 11.1 Å². The SMILES string of the molecule is O=C(O)C1CN(Cc2ccccc2CSc2ccc(-c3ccccc3)c(C(F)(F)F)c2)C1. The molecule has 0 spiro atoms. The van der Waals surface area contributed by atoms with Gasteiger partial charge in [0.25, 0.3) is 0 Å². The predicted molar refractivity (Wildman–Crippen MR) is 119 cm³/mol. The summed E-state index contributed by atoms with van der Waals surface area (Å²) in [6, 6.07) is 20.9. The highest BCUT2D eigenvalue weighted by atomic mass is 32.2. The summed E-state index contributed by atoms with van der Waals surface area (Å²) in [5, 5.41) is 9.04. The molecule has 32 heavy (non-hydrogen) atoms. The molecule has 3 aromatic rings. The third kappa shape index (κ3) is 5.16. The molecule has 7 heteroatoms. The van der Waals surface area contributed by atoms with Crippen LogP contribution in [-0.2, 0) is 23.3 Å². The lowest BCUT2D eigenvalue weighted by molar-refractivity contribution is -0.147. The van der Waals surface area contributed by atoms with E-state index >= 15 is 0 Å². The molecule has 3 aromatic carbocycles. The van der Waals surface area contributed by atoms with Gasteiger partial charge in [0.05, 0.1) is 11.5 Å². The molecule has 0 unspecified atom stereocenters. The third-order valence-electron chi connectivity index (χ3n) is 5.59. The van der Waals surface area contributed by atoms with E-state index in [1.54, 1.807) is 42.5 Å². The smallest absolute Gasteiger partial charge is 0.417 e. The minimum atomic E-state index is -4.45. The molecule has 1 N–H and O–H groups in total. The number of carbonyl (C=O) groups is 1. The monoisotopic (exact) mass is 457 g/mol. The van der Waals surface area contributed by atoms with Gasteiger partial charge in [-0.15, -0.1) is 11.8 Å². The van der Waals surface area contributed by atoms with Crippen molar-refractivity contribution in [2.24, 2.45) is 5.92 Å². The van der Waals surface area contributed by atoms with E-state index in [0.29, 0.717) is 35.8 Å². The van der Waals surface area contributed by atoms with Crippen molar-refractivity contribution < 1.29 is 23.1 Å². The maximum atomic E-state index is 13.8. The van der Waals surface area contributed by atoms with Gasteiger partial charge in [0.15, 0.2) is 0 Å². The maximum Gasteiger partial charge on any atom is 0.417 e. The Bertz CT molecular complexity index is 1100. The van der Waals surface area contributed by atoms with Crippen LogP contribution < -0.4 is 0 Å². The first kappa shape index (κ1) is 22.4. The van der Waals surface area contributed by atoms with E-state index in [2.05, 4.69) is 4.90 Å². The second-order valence-corrected chi connectivity index (χ2v) is 8.91. The normalized spacial score (nSPS) is 14.8. The highest BCUT2D eigenvalue weighted by Crippen LogP contribution is 2.40. The van der Waals surface area contributed by atoms with Crippen molar-refractivity contribution in [2.75, 3.05) is 13.1 Å². The molecular formula is C25H22F3NO2S. The van der Waals surface area contributed by atoms with Crippen molar-refractivity contribution in [1.29, 1.82) is 0 Å². The first-order valence-electron chi connectivity index (χ1n) is 10.2. The Balaban J connectivity index is 1.49. The number of hydrogen-bond acceptors (Lipinski definition) is 3. The molecule has 3 nitrogen and oxygen atoms in total. The highest BCUT2D eigenvalue weighted by Gasteiger charge is 2.34. The van der Waals surface area contributed by atoms with Gasteiger partial charge in [-0.3, -0.25) is 9.69 Å². The molecule has 0 aliphatic carbocycles. The van der Waals surface area contributed by atoms with E-state index in [0.717, 1.165) is 11.1 Å². The number of nitrogens with zero attached hydrogens (tertiary/aromatic N) is 1. The van der Waals surface area contributed by atoms with Crippen LogP contribution in [0.5, 0.6) is 0 Å². The number of hydrogen-bond donors (Lipinski definition) is 1. The van der Waals surface area contributed by atoms with Gasteiger partial charge in [0.2, 0.25) is 0 Å². The van der Waals surface area contributed by atoms with Crippen LogP contribution in [0, 0.1) is 5.92 Å². The zero-order chi connectivity index (χ0) is 22.7. The number of thioether (sulfide) groups is 1. The molecule has 0 bridgehead atoms. The summed E-state index contributed by atoms with van der Waals surface area (Å²) >= 11 is 1.37. The van der Waals surface area contributed by atoms with E-state index in [4.69, 9.17) is 5.11 Å². The summed E-state index contributed by atoms with van der Waals surface area (Å²) in [6.45, 7) is 1.68. The van der Waals surface area contributed by atoms with Gasteiger partial charge in [0.1, 0.15) is 0 Å². The molecule has 1 saturated heterocycles. The molecule has 166 valence electrons. The minimum absolute atomic E-state index is 0.175. The quantitative estimate of drug-likeness (QED) is 0.430. The first-order valence-corrected chi connectivity index (χ1v) is 11.2. The Morgan fingerprint density at radius 3 is 2.28 bits per heavy atom. The van der Waals surface area contributed by atoms with Crippen LogP contribution in [0.3, 0.4) is 0 Å². The summed E-state index contributed by atoms with van der Waals surface area (Å²) in [5.74, 6) is -0.557. The van der Waals surface area contributed by atoms with Gasteiger partial charge in [-0.05, 0) is 34.4 Å². The molecule has 1 fully saturated rings. The third-order valence-corrected chi connectivity index (χ3v) is 6.64. The van der Waals surface area contributed by atoms with Gasteiger partial charge >= 0.3 is 12.1 Å². The number of aliphatic carboxylic acids is 1. The molecule has 0 atom stereocenters. The van der Waals surface area contributed by atoms with Gasteiger partial charge in [-0.2, -0.15) is 13.2 Å². The Kier molecular flexibility index (Phi) is 6.58. The van der Waals surface area contributed by atoms with Gasteiger partial charge in [-0.1, -0.05) is 60.7 Å². The summed E-state index contributed by atoms with van der Waals surface area (Å²) in [7, 11) is 0. The van der Waals surface area contributed by atoms with E-state index in [-0.39, 0.29) is 11.5 Å². The molecule has 1 aliphatic heterocycles.